The molecule has 1 amide bonds. The first-order valence-electron chi connectivity index (χ1n) is 7.50. The first kappa shape index (κ1) is 15.9. The molecule has 2 rings (SSSR count). The van der Waals surface area contributed by atoms with E-state index >= 15 is 0 Å². The van der Waals surface area contributed by atoms with Crippen molar-refractivity contribution in [3.8, 4) is 0 Å². The van der Waals surface area contributed by atoms with E-state index in [2.05, 4.69) is 17.2 Å². The number of hydrogen-bond acceptors (Lipinski definition) is 4. The van der Waals surface area contributed by atoms with Gasteiger partial charge < -0.3 is 10.1 Å². The fourth-order valence-electron chi connectivity index (χ4n) is 2.13. The molecule has 0 fully saturated rings. The van der Waals surface area contributed by atoms with Gasteiger partial charge in [0.05, 0.1) is 11.1 Å². The molecular weight excluding hydrogens is 280 g/mol. The Kier molecular flexibility index (Phi) is 5.89. The van der Waals surface area contributed by atoms with Crippen molar-refractivity contribution in [2.75, 3.05) is 13.2 Å². The molecule has 0 atom stereocenters. The maximum absolute atomic E-state index is 12.1. The predicted octanol–water partition coefficient (Wildman–Crippen LogP) is 2.70. The molecular formula is C17H20N2O3. The van der Waals surface area contributed by atoms with Gasteiger partial charge >= 0.3 is 5.97 Å². The molecule has 0 aliphatic heterocycles. The minimum Gasteiger partial charge on any atom is -0.452 e. The summed E-state index contributed by atoms with van der Waals surface area (Å²) in [6.07, 6.45) is 4.73. The number of carbonyl (C=O) groups is 2. The first-order valence-corrected chi connectivity index (χ1v) is 7.50. The number of hydrogen-bond donors (Lipinski definition) is 1. The van der Waals surface area contributed by atoms with E-state index in [-0.39, 0.29) is 12.5 Å². The monoisotopic (exact) mass is 300 g/mol. The molecule has 0 saturated heterocycles. The van der Waals surface area contributed by atoms with Crippen molar-refractivity contribution < 1.29 is 14.3 Å². The quantitative estimate of drug-likeness (QED) is 0.630. The molecule has 0 saturated carbocycles. The summed E-state index contributed by atoms with van der Waals surface area (Å²) < 4.78 is 5.06. The van der Waals surface area contributed by atoms with Gasteiger partial charge in [-0.15, -0.1) is 0 Å². The molecule has 0 radical (unpaired) electrons. The van der Waals surface area contributed by atoms with Crippen LogP contribution in [0.4, 0.5) is 0 Å². The van der Waals surface area contributed by atoms with Crippen LogP contribution in [0.3, 0.4) is 0 Å². The number of fused-ring (bicyclic) bond motifs is 1. The minimum absolute atomic E-state index is 0.270. The SMILES string of the molecule is CCCCCNC(=O)COC(=O)c1cccc2cccnc12. The predicted molar refractivity (Wildman–Crippen MR) is 84.6 cm³/mol. The third-order valence-corrected chi connectivity index (χ3v) is 3.29. The van der Waals surface area contributed by atoms with Gasteiger partial charge in [-0.05, 0) is 18.6 Å². The number of unbranched alkanes of at least 4 members (excludes halogenated alkanes) is 2. The number of carbonyl (C=O) groups excluding carboxylic acids is 2. The van der Waals surface area contributed by atoms with Crippen LogP contribution in [0.25, 0.3) is 10.9 Å². The van der Waals surface area contributed by atoms with Crippen molar-refractivity contribution in [1.29, 1.82) is 0 Å². The highest BCUT2D eigenvalue weighted by molar-refractivity contribution is 6.03. The van der Waals surface area contributed by atoms with Crippen LogP contribution in [0.5, 0.6) is 0 Å². The van der Waals surface area contributed by atoms with E-state index in [1.54, 1.807) is 24.4 Å². The molecule has 116 valence electrons. The molecule has 1 aromatic heterocycles. The lowest BCUT2D eigenvalue weighted by molar-refractivity contribution is -0.124. The third kappa shape index (κ3) is 4.28. The molecule has 0 bridgehead atoms. The van der Waals surface area contributed by atoms with Crippen LogP contribution >= 0.6 is 0 Å². The molecule has 0 spiro atoms. The van der Waals surface area contributed by atoms with Crippen LogP contribution in [0.15, 0.2) is 36.5 Å². The van der Waals surface area contributed by atoms with Gasteiger partial charge in [-0.1, -0.05) is 38.0 Å². The number of esters is 1. The lowest BCUT2D eigenvalue weighted by atomic mass is 10.1. The van der Waals surface area contributed by atoms with Gasteiger partial charge in [-0.25, -0.2) is 4.79 Å². The van der Waals surface area contributed by atoms with Gasteiger partial charge in [-0.3, -0.25) is 9.78 Å². The summed E-state index contributed by atoms with van der Waals surface area (Å²) in [5, 5.41) is 3.59. The lowest BCUT2D eigenvalue weighted by Crippen LogP contribution is -2.29. The maximum Gasteiger partial charge on any atom is 0.340 e. The topological polar surface area (TPSA) is 68.3 Å². The Labute approximate surface area is 129 Å². The zero-order chi connectivity index (χ0) is 15.8. The Hall–Kier alpha value is -2.43. The average Bonchev–Trinajstić information content (AvgIpc) is 2.56. The zero-order valence-corrected chi connectivity index (χ0v) is 12.7. The van der Waals surface area contributed by atoms with Crippen LogP contribution < -0.4 is 5.32 Å². The van der Waals surface area contributed by atoms with Gasteiger partial charge in [0.15, 0.2) is 6.61 Å². The number of benzene rings is 1. The molecule has 0 aliphatic rings. The van der Waals surface area contributed by atoms with Crippen molar-refractivity contribution in [3.63, 3.8) is 0 Å². The standard InChI is InChI=1S/C17H20N2O3/c1-2-3-4-10-18-15(20)12-22-17(21)14-9-5-7-13-8-6-11-19-16(13)14/h5-9,11H,2-4,10,12H2,1H3,(H,18,20). The van der Waals surface area contributed by atoms with Crippen LogP contribution in [-0.4, -0.2) is 30.0 Å². The van der Waals surface area contributed by atoms with E-state index in [1.807, 2.05) is 12.1 Å². The minimum atomic E-state index is -0.534. The Morgan fingerprint density at radius 2 is 2.00 bits per heavy atom. The van der Waals surface area contributed by atoms with E-state index in [9.17, 15) is 9.59 Å². The number of rotatable bonds is 7. The summed E-state index contributed by atoms with van der Waals surface area (Å²) in [6.45, 7) is 2.44. The van der Waals surface area contributed by atoms with Crippen LogP contribution in [0.2, 0.25) is 0 Å². The fourth-order valence-corrected chi connectivity index (χ4v) is 2.13. The van der Waals surface area contributed by atoms with Crippen LogP contribution in [0.1, 0.15) is 36.5 Å². The molecule has 1 aromatic carbocycles. The second-order valence-electron chi connectivity index (χ2n) is 5.01. The zero-order valence-electron chi connectivity index (χ0n) is 12.7. The molecule has 0 unspecified atom stereocenters. The van der Waals surface area contributed by atoms with Crippen molar-refractivity contribution in [1.82, 2.24) is 10.3 Å². The highest BCUT2D eigenvalue weighted by atomic mass is 16.5. The largest absolute Gasteiger partial charge is 0.452 e. The van der Waals surface area contributed by atoms with E-state index in [1.165, 1.54) is 0 Å². The number of nitrogens with one attached hydrogen (secondary N) is 1. The van der Waals surface area contributed by atoms with Gasteiger partial charge in [0.2, 0.25) is 0 Å². The molecule has 22 heavy (non-hydrogen) atoms. The fraction of sp³-hybridized carbons (Fsp3) is 0.353. The van der Waals surface area contributed by atoms with Gasteiger partial charge in [0, 0.05) is 18.1 Å². The third-order valence-electron chi connectivity index (χ3n) is 3.29. The van der Waals surface area contributed by atoms with E-state index in [0.29, 0.717) is 17.6 Å². The summed E-state index contributed by atoms with van der Waals surface area (Å²) in [6, 6.07) is 8.97. The number of ether oxygens (including phenoxy) is 1. The van der Waals surface area contributed by atoms with E-state index in [0.717, 1.165) is 24.6 Å². The lowest BCUT2D eigenvalue weighted by Gasteiger charge is -2.07. The number of nitrogens with zero attached hydrogens (tertiary/aromatic N) is 1. The van der Waals surface area contributed by atoms with Gasteiger partial charge in [-0.2, -0.15) is 0 Å². The smallest absolute Gasteiger partial charge is 0.340 e. The Morgan fingerprint density at radius 1 is 1.18 bits per heavy atom. The second-order valence-corrected chi connectivity index (χ2v) is 5.01. The molecule has 5 nitrogen and oxygen atoms in total. The summed E-state index contributed by atoms with van der Waals surface area (Å²) in [7, 11) is 0. The number of pyridine rings is 1. The number of amides is 1. The molecule has 1 N–H and O–H groups in total. The highest BCUT2D eigenvalue weighted by Crippen LogP contribution is 2.16. The molecule has 2 aromatic rings. The van der Waals surface area contributed by atoms with E-state index < -0.39 is 5.97 Å². The van der Waals surface area contributed by atoms with Crippen molar-refractivity contribution in [3.05, 3.63) is 42.1 Å². The molecule has 5 heteroatoms. The van der Waals surface area contributed by atoms with Crippen LogP contribution in [-0.2, 0) is 9.53 Å². The summed E-state index contributed by atoms with van der Waals surface area (Å²) in [4.78, 5) is 27.9. The Morgan fingerprint density at radius 3 is 2.82 bits per heavy atom. The van der Waals surface area contributed by atoms with Gasteiger partial charge in [0.1, 0.15) is 0 Å². The van der Waals surface area contributed by atoms with Crippen molar-refractivity contribution in [2.45, 2.75) is 26.2 Å². The first-order chi connectivity index (χ1) is 10.7. The van der Waals surface area contributed by atoms with Crippen LogP contribution in [0, 0.1) is 0 Å². The maximum atomic E-state index is 12.1. The highest BCUT2D eigenvalue weighted by Gasteiger charge is 2.13. The van der Waals surface area contributed by atoms with Crippen molar-refractivity contribution >= 4 is 22.8 Å². The number of aromatic nitrogens is 1. The number of para-hydroxylation sites is 1. The Balaban J connectivity index is 1.90. The average molecular weight is 300 g/mol. The molecule has 1 heterocycles. The summed E-state index contributed by atoms with van der Waals surface area (Å²) in [5.74, 6) is -0.814. The summed E-state index contributed by atoms with van der Waals surface area (Å²) in [5.41, 5.74) is 0.954. The summed E-state index contributed by atoms with van der Waals surface area (Å²) >= 11 is 0. The normalized spacial score (nSPS) is 10.4. The van der Waals surface area contributed by atoms with Gasteiger partial charge in [0.25, 0.3) is 5.91 Å². The van der Waals surface area contributed by atoms with Crippen molar-refractivity contribution in [2.24, 2.45) is 0 Å². The second kappa shape index (κ2) is 8.12. The van der Waals surface area contributed by atoms with E-state index in [4.69, 9.17) is 4.74 Å². The Bertz CT molecular complexity index is 650. The molecule has 0 aliphatic carbocycles.